The molecule has 4 rings (SSSR count). The lowest BCUT2D eigenvalue weighted by atomic mass is 10.1. The fourth-order valence-corrected chi connectivity index (χ4v) is 4.33. The van der Waals surface area contributed by atoms with Crippen molar-refractivity contribution in [3.63, 3.8) is 0 Å². The lowest BCUT2D eigenvalue weighted by Crippen LogP contribution is -2.38. The third kappa shape index (κ3) is 5.09. The van der Waals surface area contributed by atoms with Gasteiger partial charge < -0.3 is 15.0 Å². The molecule has 1 amide bonds. The summed E-state index contributed by atoms with van der Waals surface area (Å²) in [7, 11) is 0. The lowest BCUT2D eigenvalue weighted by Gasteiger charge is -2.27. The van der Waals surface area contributed by atoms with Gasteiger partial charge in [0, 0.05) is 36.3 Å². The van der Waals surface area contributed by atoms with E-state index in [1.165, 1.54) is 11.3 Å². The van der Waals surface area contributed by atoms with E-state index in [1.807, 2.05) is 23.1 Å². The largest absolute Gasteiger partial charge is 0.378 e. The number of aromatic amines is 1. The van der Waals surface area contributed by atoms with Crippen molar-refractivity contribution in [2.75, 3.05) is 36.5 Å². The topological polar surface area (TPSA) is 113 Å². The van der Waals surface area contributed by atoms with E-state index >= 15 is 0 Å². The minimum Gasteiger partial charge on any atom is -0.378 e. The average molecular weight is 461 g/mol. The third-order valence-corrected chi connectivity index (χ3v) is 6.10. The number of anilines is 2. The zero-order valence-corrected chi connectivity index (χ0v) is 18.4. The van der Waals surface area contributed by atoms with Crippen LogP contribution in [0.15, 0.2) is 29.1 Å². The van der Waals surface area contributed by atoms with Gasteiger partial charge in [-0.2, -0.15) is 0 Å². The Bertz CT molecular complexity index is 1140. The molecular formula is C20H21ClN6O3S. The van der Waals surface area contributed by atoms with Crippen molar-refractivity contribution in [2.24, 2.45) is 0 Å². The van der Waals surface area contributed by atoms with Crippen LogP contribution in [0.2, 0.25) is 5.02 Å². The predicted octanol–water partition coefficient (Wildman–Crippen LogP) is 2.66. The second kappa shape index (κ2) is 9.54. The van der Waals surface area contributed by atoms with E-state index in [2.05, 4.69) is 25.5 Å². The Labute approximate surface area is 187 Å². The molecule has 31 heavy (non-hydrogen) atoms. The van der Waals surface area contributed by atoms with Crippen LogP contribution in [0.3, 0.4) is 0 Å². The number of hydrogen-bond donors (Lipinski definition) is 2. The lowest BCUT2D eigenvalue weighted by molar-refractivity contribution is -0.116. The Hall–Kier alpha value is -2.82. The number of hydrogen-bond acceptors (Lipinski definition) is 8. The number of benzene rings is 1. The van der Waals surface area contributed by atoms with Crippen molar-refractivity contribution in [3.05, 3.63) is 50.9 Å². The number of rotatable bonds is 6. The minimum absolute atomic E-state index is 0.128. The third-order valence-electron chi connectivity index (χ3n) is 4.90. The Morgan fingerprint density at radius 3 is 2.81 bits per heavy atom. The molecule has 1 aromatic carbocycles. The monoisotopic (exact) mass is 460 g/mol. The molecule has 162 valence electrons. The van der Waals surface area contributed by atoms with Gasteiger partial charge in [-0.05, 0) is 19.4 Å². The molecule has 0 bridgehead atoms. The van der Waals surface area contributed by atoms with Crippen LogP contribution in [0.1, 0.15) is 17.7 Å². The van der Waals surface area contributed by atoms with Crippen molar-refractivity contribution in [1.82, 2.24) is 20.2 Å². The molecule has 2 aromatic heterocycles. The highest BCUT2D eigenvalue weighted by atomic mass is 35.5. The van der Waals surface area contributed by atoms with E-state index in [4.69, 9.17) is 16.3 Å². The standard InChI is InChI=1S/C20H21ClN6O3S/c1-12-13(17(29)24-19(22-12)27-8-10-30-11-9-27)6-7-16(28)23-20-26-25-18(31-20)14-4-2-3-5-15(14)21/h2-5H,6-11H2,1H3,(H,22,24,29)(H,23,26,28). The number of aromatic nitrogens is 4. The van der Waals surface area contributed by atoms with Gasteiger partial charge in [0.05, 0.1) is 18.2 Å². The molecule has 3 heterocycles. The average Bonchev–Trinajstić information content (AvgIpc) is 3.22. The number of halogens is 1. The molecule has 0 unspecified atom stereocenters. The maximum atomic E-state index is 12.5. The number of H-pyrrole nitrogens is 1. The molecule has 0 radical (unpaired) electrons. The van der Waals surface area contributed by atoms with Crippen LogP contribution in [0, 0.1) is 6.92 Å². The summed E-state index contributed by atoms with van der Waals surface area (Å²) in [4.78, 5) is 34.3. The van der Waals surface area contributed by atoms with Crippen molar-refractivity contribution < 1.29 is 9.53 Å². The molecule has 1 saturated heterocycles. The summed E-state index contributed by atoms with van der Waals surface area (Å²) in [5.41, 5.74) is 1.66. The summed E-state index contributed by atoms with van der Waals surface area (Å²) in [5.74, 6) is 0.290. The minimum atomic E-state index is -0.252. The van der Waals surface area contributed by atoms with Crippen LogP contribution < -0.4 is 15.8 Å². The first-order valence-corrected chi connectivity index (χ1v) is 11.0. The molecule has 0 aliphatic carbocycles. The second-order valence-electron chi connectivity index (χ2n) is 6.99. The summed E-state index contributed by atoms with van der Waals surface area (Å²) in [6, 6.07) is 7.31. The molecule has 2 N–H and O–H groups in total. The number of carbonyl (C=O) groups excluding carboxylic acids is 1. The molecule has 3 aromatic rings. The molecule has 0 saturated carbocycles. The SMILES string of the molecule is Cc1nc(N2CCOCC2)[nH]c(=O)c1CCC(=O)Nc1nnc(-c2ccccc2Cl)s1. The van der Waals surface area contributed by atoms with E-state index in [0.29, 0.717) is 58.7 Å². The van der Waals surface area contributed by atoms with Crippen LogP contribution in [0.25, 0.3) is 10.6 Å². The van der Waals surface area contributed by atoms with Gasteiger partial charge in [0.2, 0.25) is 17.0 Å². The van der Waals surface area contributed by atoms with Crippen LogP contribution in [-0.2, 0) is 16.0 Å². The van der Waals surface area contributed by atoms with E-state index < -0.39 is 0 Å². The van der Waals surface area contributed by atoms with Gasteiger partial charge in [-0.25, -0.2) is 4.98 Å². The first kappa shape index (κ1) is 21.4. The fourth-order valence-electron chi connectivity index (χ4n) is 3.25. The van der Waals surface area contributed by atoms with Crippen LogP contribution in [0.4, 0.5) is 11.1 Å². The zero-order chi connectivity index (χ0) is 21.8. The van der Waals surface area contributed by atoms with Crippen molar-refractivity contribution in [2.45, 2.75) is 19.8 Å². The summed E-state index contributed by atoms with van der Waals surface area (Å²) >= 11 is 7.43. The molecule has 9 nitrogen and oxygen atoms in total. The van der Waals surface area contributed by atoms with Gasteiger partial charge in [-0.15, -0.1) is 10.2 Å². The Morgan fingerprint density at radius 1 is 1.29 bits per heavy atom. The number of ether oxygens (including phenoxy) is 1. The van der Waals surface area contributed by atoms with Crippen LogP contribution >= 0.6 is 22.9 Å². The zero-order valence-electron chi connectivity index (χ0n) is 16.9. The normalized spacial score (nSPS) is 13.9. The van der Waals surface area contributed by atoms with Gasteiger partial charge in [-0.1, -0.05) is 41.1 Å². The number of nitrogens with one attached hydrogen (secondary N) is 2. The van der Waals surface area contributed by atoms with Crippen molar-refractivity contribution in [1.29, 1.82) is 0 Å². The Balaban J connectivity index is 1.38. The number of carbonyl (C=O) groups is 1. The summed E-state index contributed by atoms with van der Waals surface area (Å²) in [5, 5.41) is 12.4. The number of morpholine rings is 1. The van der Waals surface area contributed by atoms with Crippen LogP contribution in [0.5, 0.6) is 0 Å². The highest BCUT2D eigenvalue weighted by Gasteiger charge is 2.17. The van der Waals surface area contributed by atoms with Gasteiger partial charge in [0.25, 0.3) is 5.56 Å². The highest BCUT2D eigenvalue weighted by Crippen LogP contribution is 2.31. The van der Waals surface area contributed by atoms with E-state index in [0.717, 1.165) is 5.56 Å². The molecule has 0 atom stereocenters. The number of aryl methyl sites for hydroxylation is 1. The summed E-state index contributed by atoms with van der Waals surface area (Å²) < 4.78 is 5.33. The number of nitrogens with zero attached hydrogens (tertiary/aromatic N) is 4. The first-order valence-electron chi connectivity index (χ1n) is 9.82. The van der Waals surface area contributed by atoms with E-state index in [1.54, 1.807) is 13.0 Å². The maximum absolute atomic E-state index is 12.5. The summed E-state index contributed by atoms with van der Waals surface area (Å²) in [6.07, 6.45) is 0.406. The predicted molar refractivity (Wildman–Crippen MR) is 120 cm³/mol. The van der Waals surface area contributed by atoms with Crippen LogP contribution in [-0.4, -0.2) is 52.4 Å². The Kier molecular flexibility index (Phi) is 6.59. The molecule has 1 fully saturated rings. The van der Waals surface area contributed by atoms with Gasteiger partial charge >= 0.3 is 0 Å². The molecule has 0 spiro atoms. The van der Waals surface area contributed by atoms with E-state index in [9.17, 15) is 9.59 Å². The van der Waals surface area contributed by atoms with E-state index in [-0.39, 0.29) is 24.3 Å². The van der Waals surface area contributed by atoms with Crippen molar-refractivity contribution in [3.8, 4) is 10.6 Å². The Morgan fingerprint density at radius 2 is 2.06 bits per heavy atom. The summed E-state index contributed by atoms with van der Waals surface area (Å²) in [6.45, 7) is 4.36. The van der Waals surface area contributed by atoms with Crippen molar-refractivity contribution >= 4 is 39.9 Å². The first-order chi connectivity index (χ1) is 15.0. The molecule has 1 aliphatic heterocycles. The smallest absolute Gasteiger partial charge is 0.255 e. The van der Waals surface area contributed by atoms with Gasteiger partial charge in [0.1, 0.15) is 0 Å². The maximum Gasteiger partial charge on any atom is 0.255 e. The number of amides is 1. The molecule has 1 aliphatic rings. The molecular weight excluding hydrogens is 440 g/mol. The van der Waals surface area contributed by atoms with Gasteiger partial charge in [0.15, 0.2) is 5.01 Å². The second-order valence-corrected chi connectivity index (χ2v) is 8.38. The fraction of sp³-hybridized carbons (Fsp3) is 0.350. The highest BCUT2D eigenvalue weighted by molar-refractivity contribution is 7.18. The van der Waals surface area contributed by atoms with Gasteiger partial charge in [-0.3, -0.25) is 14.6 Å². The molecule has 11 heteroatoms. The quantitative estimate of drug-likeness (QED) is 0.581.